The molecule has 2 aromatic rings. The summed E-state index contributed by atoms with van der Waals surface area (Å²) in [4.78, 5) is 2.51. The molecule has 0 amide bonds. The van der Waals surface area contributed by atoms with Crippen LogP contribution in [0.25, 0.3) is 0 Å². The van der Waals surface area contributed by atoms with Gasteiger partial charge in [-0.25, -0.2) is 4.39 Å². The molecule has 0 aliphatic carbocycles. The summed E-state index contributed by atoms with van der Waals surface area (Å²) in [5.41, 5.74) is 1.36. The number of piperidine rings is 1. The highest BCUT2D eigenvalue weighted by atomic mass is 19.1. The second-order valence-corrected chi connectivity index (χ2v) is 7.30. The van der Waals surface area contributed by atoms with Gasteiger partial charge in [0.15, 0.2) is 0 Å². The summed E-state index contributed by atoms with van der Waals surface area (Å²) in [6.45, 7) is 3.98. The molecule has 0 radical (unpaired) electrons. The molecule has 0 aromatic heterocycles. The molecule has 2 atom stereocenters. The Morgan fingerprint density at radius 2 is 1.92 bits per heavy atom. The first-order valence-corrected chi connectivity index (χ1v) is 9.64. The molecule has 3 nitrogen and oxygen atoms in total. The highest BCUT2D eigenvalue weighted by molar-refractivity contribution is 5.37. The predicted octanol–water partition coefficient (Wildman–Crippen LogP) is 4.63. The topological polar surface area (TPSA) is 21.7 Å². The molecular weight excluding hydrogens is 329 g/mol. The van der Waals surface area contributed by atoms with Gasteiger partial charge in [-0.2, -0.15) is 0 Å². The number of likely N-dealkylation sites (tertiary alicyclic amines) is 1. The zero-order chi connectivity index (χ0) is 17.8. The van der Waals surface area contributed by atoms with E-state index in [9.17, 15) is 4.39 Å². The van der Waals surface area contributed by atoms with Crippen molar-refractivity contribution in [3.05, 3.63) is 59.9 Å². The SMILES string of the molecule is Fc1ccc(O[C@H]2CCCN(CCC3CCOc4ccccc43)C2)cc1. The Kier molecular flexibility index (Phi) is 5.40. The van der Waals surface area contributed by atoms with E-state index in [2.05, 4.69) is 23.1 Å². The van der Waals surface area contributed by atoms with Crippen molar-refractivity contribution in [3.63, 3.8) is 0 Å². The van der Waals surface area contributed by atoms with Crippen molar-refractivity contribution in [2.45, 2.75) is 37.7 Å². The van der Waals surface area contributed by atoms with E-state index in [4.69, 9.17) is 9.47 Å². The van der Waals surface area contributed by atoms with Crippen LogP contribution < -0.4 is 9.47 Å². The lowest BCUT2D eigenvalue weighted by Crippen LogP contribution is -2.41. The zero-order valence-electron chi connectivity index (χ0n) is 15.1. The normalized spacial score (nSPS) is 23.1. The summed E-state index contributed by atoms with van der Waals surface area (Å²) in [6.07, 6.45) is 4.66. The molecule has 2 aliphatic heterocycles. The maximum atomic E-state index is 13.0. The van der Waals surface area contributed by atoms with E-state index in [0.29, 0.717) is 5.92 Å². The Balaban J connectivity index is 1.31. The molecule has 138 valence electrons. The van der Waals surface area contributed by atoms with Gasteiger partial charge in [0.25, 0.3) is 0 Å². The van der Waals surface area contributed by atoms with Crippen LogP contribution in [0.15, 0.2) is 48.5 Å². The second-order valence-electron chi connectivity index (χ2n) is 7.30. The second kappa shape index (κ2) is 8.09. The van der Waals surface area contributed by atoms with Gasteiger partial charge in [-0.15, -0.1) is 0 Å². The standard InChI is InChI=1S/C22H26FNO2/c23-18-7-9-19(10-8-18)26-20-4-3-13-24(16-20)14-11-17-12-15-25-22-6-2-1-5-21(17)22/h1-2,5-10,17,20H,3-4,11-16H2/t17?,20-/m0/s1. The van der Waals surface area contributed by atoms with E-state index in [1.807, 2.05) is 6.07 Å². The fourth-order valence-corrected chi connectivity index (χ4v) is 4.07. The van der Waals surface area contributed by atoms with Crippen molar-refractivity contribution in [1.29, 1.82) is 0 Å². The fraction of sp³-hybridized carbons (Fsp3) is 0.455. The monoisotopic (exact) mass is 355 g/mol. The van der Waals surface area contributed by atoms with Gasteiger partial charge >= 0.3 is 0 Å². The Hall–Kier alpha value is -2.07. The minimum Gasteiger partial charge on any atom is -0.493 e. The van der Waals surface area contributed by atoms with Crippen LogP contribution in [-0.2, 0) is 0 Å². The maximum Gasteiger partial charge on any atom is 0.123 e. The average Bonchev–Trinajstić information content (AvgIpc) is 2.68. The van der Waals surface area contributed by atoms with Crippen LogP contribution in [-0.4, -0.2) is 37.2 Å². The minimum atomic E-state index is -0.223. The van der Waals surface area contributed by atoms with Gasteiger partial charge in [0.2, 0.25) is 0 Å². The van der Waals surface area contributed by atoms with Crippen molar-refractivity contribution in [3.8, 4) is 11.5 Å². The number of halogens is 1. The van der Waals surface area contributed by atoms with Gasteiger partial charge in [0.1, 0.15) is 23.4 Å². The quantitative estimate of drug-likeness (QED) is 0.781. The molecule has 1 unspecified atom stereocenters. The van der Waals surface area contributed by atoms with Gasteiger partial charge < -0.3 is 9.47 Å². The smallest absolute Gasteiger partial charge is 0.123 e. The maximum absolute atomic E-state index is 13.0. The number of nitrogens with zero attached hydrogens (tertiary/aromatic N) is 1. The predicted molar refractivity (Wildman–Crippen MR) is 100 cm³/mol. The first kappa shape index (κ1) is 17.3. The third kappa shape index (κ3) is 4.18. The average molecular weight is 355 g/mol. The Labute approximate surface area is 154 Å². The van der Waals surface area contributed by atoms with Gasteiger partial charge in [-0.3, -0.25) is 4.90 Å². The highest BCUT2D eigenvalue weighted by Crippen LogP contribution is 2.35. The van der Waals surface area contributed by atoms with E-state index in [1.165, 1.54) is 17.7 Å². The minimum absolute atomic E-state index is 0.191. The molecule has 0 spiro atoms. The third-order valence-corrected chi connectivity index (χ3v) is 5.46. The van der Waals surface area contributed by atoms with Crippen LogP contribution in [0.4, 0.5) is 4.39 Å². The molecule has 0 N–H and O–H groups in total. The van der Waals surface area contributed by atoms with Gasteiger partial charge in [0, 0.05) is 6.54 Å². The summed E-state index contributed by atoms with van der Waals surface area (Å²) < 4.78 is 24.9. The van der Waals surface area contributed by atoms with Crippen LogP contribution in [0, 0.1) is 5.82 Å². The Bertz CT molecular complexity index is 718. The van der Waals surface area contributed by atoms with E-state index in [1.54, 1.807) is 12.1 Å². The zero-order valence-corrected chi connectivity index (χ0v) is 15.1. The first-order valence-electron chi connectivity index (χ1n) is 9.64. The number of hydrogen-bond donors (Lipinski definition) is 0. The lowest BCUT2D eigenvalue weighted by Gasteiger charge is -2.34. The van der Waals surface area contributed by atoms with E-state index >= 15 is 0 Å². The molecule has 0 saturated carbocycles. The number of benzene rings is 2. The van der Waals surface area contributed by atoms with Crippen LogP contribution >= 0.6 is 0 Å². The van der Waals surface area contributed by atoms with Gasteiger partial charge in [-0.05, 0) is 80.6 Å². The highest BCUT2D eigenvalue weighted by Gasteiger charge is 2.25. The lowest BCUT2D eigenvalue weighted by molar-refractivity contribution is 0.0854. The Morgan fingerprint density at radius 1 is 1.08 bits per heavy atom. The largest absolute Gasteiger partial charge is 0.493 e. The Morgan fingerprint density at radius 3 is 2.81 bits per heavy atom. The van der Waals surface area contributed by atoms with Gasteiger partial charge in [-0.1, -0.05) is 18.2 Å². The molecule has 1 saturated heterocycles. The molecular formula is C22H26FNO2. The molecule has 2 heterocycles. The molecule has 1 fully saturated rings. The number of rotatable bonds is 5. The summed E-state index contributed by atoms with van der Waals surface area (Å²) in [5.74, 6) is 2.18. The molecule has 2 aromatic carbocycles. The third-order valence-electron chi connectivity index (χ3n) is 5.46. The van der Waals surface area contributed by atoms with Crippen molar-refractivity contribution < 1.29 is 13.9 Å². The molecule has 4 heteroatoms. The number of para-hydroxylation sites is 1. The van der Waals surface area contributed by atoms with E-state index in [-0.39, 0.29) is 11.9 Å². The van der Waals surface area contributed by atoms with Crippen molar-refractivity contribution in [1.82, 2.24) is 4.90 Å². The number of hydrogen-bond acceptors (Lipinski definition) is 3. The summed E-state index contributed by atoms with van der Waals surface area (Å²) in [5, 5.41) is 0. The summed E-state index contributed by atoms with van der Waals surface area (Å²) in [7, 11) is 0. The van der Waals surface area contributed by atoms with Crippen LogP contribution in [0.2, 0.25) is 0 Å². The van der Waals surface area contributed by atoms with Crippen LogP contribution in [0.3, 0.4) is 0 Å². The molecule has 2 aliphatic rings. The number of fused-ring (bicyclic) bond motifs is 1. The number of ether oxygens (including phenoxy) is 2. The fourth-order valence-electron chi connectivity index (χ4n) is 4.07. The summed E-state index contributed by atoms with van der Waals surface area (Å²) >= 11 is 0. The van der Waals surface area contributed by atoms with E-state index in [0.717, 1.165) is 63.4 Å². The van der Waals surface area contributed by atoms with Crippen molar-refractivity contribution in [2.75, 3.05) is 26.2 Å². The molecule has 4 rings (SSSR count). The molecule has 0 bridgehead atoms. The first-order chi connectivity index (χ1) is 12.8. The lowest BCUT2D eigenvalue weighted by atomic mass is 9.90. The molecule has 26 heavy (non-hydrogen) atoms. The van der Waals surface area contributed by atoms with Gasteiger partial charge in [0.05, 0.1) is 6.61 Å². The summed E-state index contributed by atoms with van der Waals surface area (Å²) in [6, 6.07) is 14.8. The van der Waals surface area contributed by atoms with Crippen LogP contribution in [0.1, 0.15) is 37.2 Å². The van der Waals surface area contributed by atoms with Crippen molar-refractivity contribution >= 4 is 0 Å². The van der Waals surface area contributed by atoms with Crippen molar-refractivity contribution in [2.24, 2.45) is 0 Å². The van der Waals surface area contributed by atoms with Crippen LogP contribution in [0.5, 0.6) is 11.5 Å². The van der Waals surface area contributed by atoms with E-state index < -0.39 is 0 Å².